The number of carboxylic acid groups (broad SMARTS) is 1. The molecule has 0 aliphatic carbocycles. The largest absolute Gasteiger partial charge is 0.479 e. The van der Waals surface area contributed by atoms with Gasteiger partial charge in [0.25, 0.3) is 0 Å². The van der Waals surface area contributed by atoms with E-state index in [-0.39, 0.29) is 5.84 Å². The second-order valence-electron chi connectivity index (χ2n) is 5.94. The lowest BCUT2D eigenvalue weighted by atomic mass is 10.0. The van der Waals surface area contributed by atoms with Gasteiger partial charge in [0.1, 0.15) is 11.6 Å². The van der Waals surface area contributed by atoms with Gasteiger partial charge in [-0.3, -0.25) is 5.41 Å². The summed E-state index contributed by atoms with van der Waals surface area (Å²) in [5, 5.41) is 16.8. The van der Waals surface area contributed by atoms with E-state index < -0.39 is 12.1 Å². The highest BCUT2D eigenvalue weighted by molar-refractivity contribution is 7.98. The number of unbranched alkanes of at least 4 members (excludes halogenated alkanes) is 1. The molecule has 0 saturated carbocycles. The summed E-state index contributed by atoms with van der Waals surface area (Å²) in [6.45, 7) is 2.03. The summed E-state index contributed by atoms with van der Waals surface area (Å²) in [5.74, 6) is -0.309. The molecular weight excluding hydrogens is 348 g/mol. The van der Waals surface area contributed by atoms with E-state index in [9.17, 15) is 9.90 Å². The molecule has 4 N–H and O–H groups in total. The number of carboxylic acids is 1. The van der Waals surface area contributed by atoms with Crippen LogP contribution in [-0.2, 0) is 4.79 Å². The van der Waals surface area contributed by atoms with Gasteiger partial charge in [0.15, 0.2) is 6.10 Å². The molecule has 0 bridgehead atoms. The van der Waals surface area contributed by atoms with Gasteiger partial charge in [-0.15, -0.1) is 11.8 Å². The molecule has 0 fully saturated rings. The Balaban J connectivity index is 2.25. The molecule has 138 valence electrons. The van der Waals surface area contributed by atoms with Gasteiger partial charge in [-0.25, -0.2) is 4.79 Å². The Labute approximate surface area is 158 Å². The Morgan fingerprint density at radius 3 is 2.42 bits per heavy atom. The average Bonchev–Trinajstić information content (AvgIpc) is 2.65. The Morgan fingerprint density at radius 2 is 1.88 bits per heavy atom. The van der Waals surface area contributed by atoms with Crippen LogP contribution in [0.1, 0.15) is 31.7 Å². The normalized spacial score (nSPS) is 11.8. The van der Waals surface area contributed by atoms with E-state index in [1.54, 1.807) is 0 Å². The number of nitrogens with two attached hydrogens (primary N) is 1. The maximum atomic E-state index is 11.4. The highest BCUT2D eigenvalue weighted by atomic mass is 32.2. The maximum Gasteiger partial charge on any atom is 0.344 e. The van der Waals surface area contributed by atoms with Crippen LogP contribution in [0.3, 0.4) is 0 Å². The number of amidine groups is 1. The first-order valence-corrected chi connectivity index (χ1v) is 9.71. The van der Waals surface area contributed by atoms with Gasteiger partial charge < -0.3 is 15.6 Å². The van der Waals surface area contributed by atoms with Crippen molar-refractivity contribution in [3.8, 4) is 16.9 Å². The van der Waals surface area contributed by atoms with E-state index in [1.165, 1.54) is 11.8 Å². The van der Waals surface area contributed by atoms with Crippen molar-refractivity contribution >= 4 is 23.6 Å². The molecule has 0 aliphatic heterocycles. The number of carbonyl (C=O) groups is 1. The molecule has 6 heteroatoms. The fraction of sp³-hybridized carbons (Fsp3) is 0.300. The monoisotopic (exact) mass is 372 g/mol. The number of benzene rings is 2. The molecule has 5 nitrogen and oxygen atoms in total. The van der Waals surface area contributed by atoms with Crippen molar-refractivity contribution in [3.63, 3.8) is 0 Å². The lowest BCUT2D eigenvalue weighted by Crippen LogP contribution is -2.27. The molecule has 0 heterocycles. The Morgan fingerprint density at radius 1 is 1.23 bits per heavy atom. The Bertz CT molecular complexity index is 775. The standard InChI is InChI=1S/C20H24N2O3S/c1-3-4-5-17(20(23)24)25-16-11-10-15(12-18(16)26-2)13-6-8-14(9-7-13)19(21)22/h6-12,17H,3-5H2,1-2H3,(H3,21,22)(H,23,24). The minimum absolute atomic E-state index is 0.0388. The maximum absolute atomic E-state index is 11.4. The van der Waals surface area contributed by atoms with E-state index in [4.69, 9.17) is 15.9 Å². The third kappa shape index (κ3) is 5.02. The van der Waals surface area contributed by atoms with Crippen LogP contribution in [0.2, 0.25) is 0 Å². The van der Waals surface area contributed by atoms with Gasteiger partial charge in [-0.05, 0) is 42.4 Å². The van der Waals surface area contributed by atoms with Crippen molar-refractivity contribution in [1.82, 2.24) is 0 Å². The third-order valence-electron chi connectivity index (χ3n) is 4.06. The van der Waals surface area contributed by atoms with Crippen molar-refractivity contribution < 1.29 is 14.6 Å². The van der Waals surface area contributed by atoms with E-state index in [0.29, 0.717) is 17.7 Å². The Hall–Kier alpha value is -2.47. The van der Waals surface area contributed by atoms with E-state index in [0.717, 1.165) is 28.9 Å². The molecule has 0 saturated heterocycles. The summed E-state index contributed by atoms with van der Waals surface area (Å²) < 4.78 is 5.78. The molecule has 0 radical (unpaired) electrons. The molecule has 0 aromatic heterocycles. The van der Waals surface area contributed by atoms with Gasteiger partial charge in [-0.2, -0.15) is 0 Å². The second kappa shape index (κ2) is 9.29. The van der Waals surface area contributed by atoms with Gasteiger partial charge in [-0.1, -0.05) is 43.7 Å². The van der Waals surface area contributed by atoms with Crippen LogP contribution >= 0.6 is 11.8 Å². The summed E-state index contributed by atoms with van der Waals surface area (Å²) in [6.07, 6.45) is 3.34. The van der Waals surface area contributed by atoms with Crippen LogP contribution in [-0.4, -0.2) is 29.3 Å². The summed E-state index contributed by atoms with van der Waals surface area (Å²) in [7, 11) is 0. The van der Waals surface area contributed by atoms with Crippen LogP contribution in [0.15, 0.2) is 47.4 Å². The van der Waals surface area contributed by atoms with Gasteiger partial charge in [0.05, 0.1) is 0 Å². The number of ether oxygens (including phenoxy) is 1. The van der Waals surface area contributed by atoms with Crippen molar-refractivity contribution in [1.29, 1.82) is 5.41 Å². The molecule has 1 unspecified atom stereocenters. The number of nitrogen functional groups attached to an aromatic ring is 1. The number of thioether (sulfide) groups is 1. The van der Waals surface area contributed by atoms with Crippen molar-refractivity contribution in [2.45, 2.75) is 37.2 Å². The minimum Gasteiger partial charge on any atom is -0.479 e. The number of hydrogen-bond acceptors (Lipinski definition) is 4. The Kier molecular flexibility index (Phi) is 7.09. The number of rotatable bonds is 9. The molecular formula is C20H24N2O3S. The molecule has 1 atom stereocenters. The van der Waals surface area contributed by atoms with Crippen molar-refractivity contribution in [3.05, 3.63) is 48.0 Å². The fourth-order valence-electron chi connectivity index (χ4n) is 2.56. The van der Waals surface area contributed by atoms with E-state index in [1.807, 2.05) is 55.6 Å². The smallest absolute Gasteiger partial charge is 0.344 e. The van der Waals surface area contributed by atoms with E-state index >= 15 is 0 Å². The minimum atomic E-state index is -0.936. The van der Waals surface area contributed by atoms with Crippen LogP contribution in [0.5, 0.6) is 5.75 Å². The summed E-state index contributed by atoms with van der Waals surface area (Å²) >= 11 is 1.52. The first-order valence-electron chi connectivity index (χ1n) is 8.48. The highest BCUT2D eigenvalue weighted by Gasteiger charge is 2.20. The quantitative estimate of drug-likeness (QED) is 0.345. The first-order chi connectivity index (χ1) is 12.5. The number of hydrogen-bond donors (Lipinski definition) is 3. The summed E-state index contributed by atoms with van der Waals surface area (Å²) in [6, 6.07) is 13.2. The lowest BCUT2D eigenvalue weighted by Gasteiger charge is -2.17. The van der Waals surface area contributed by atoms with Crippen LogP contribution in [0, 0.1) is 5.41 Å². The zero-order valence-electron chi connectivity index (χ0n) is 15.0. The third-order valence-corrected chi connectivity index (χ3v) is 4.82. The van der Waals surface area contributed by atoms with Gasteiger partial charge in [0, 0.05) is 10.5 Å². The summed E-state index contributed by atoms with van der Waals surface area (Å²) in [5.41, 5.74) is 8.16. The first kappa shape index (κ1) is 19.8. The zero-order valence-corrected chi connectivity index (χ0v) is 15.8. The van der Waals surface area contributed by atoms with E-state index in [2.05, 4.69) is 0 Å². The molecule has 2 aromatic rings. The molecule has 0 spiro atoms. The lowest BCUT2D eigenvalue weighted by molar-refractivity contribution is -0.145. The zero-order chi connectivity index (χ0) is 19.1. The molecule has 2 rings (SSSR count). The van der Waals surface area contributed by atoms with Crippen LogP contribution < -0.4 is 10.5 Å². The molecule has 0 aliphatic rings. The van der Waals surface area contributed by atoms with Crippen LogP contribution in [0.4, 0.5) is 0 Å². The highest BCUT2D eigenvalue weighted by Crippen LogP contribution is 2.33. The predicted molar refractivity (Wildman–Crippen MR) is 106 cm³/mol. The van der Waals surface area contributed by atoms with Crippen molar-refractivity contribution in [2.75, 3.05) is 6.26 Å². The molecule has 0 amide bonds. The molecule has 2 aromatic carbocycles. The average molecular weight is 372 g/mol. The number of nitrogens with one attached hydrogen (secondary N) is 1. The second-order valence-corrected chi connectivity index (χ2v) is 6.79. The summed E-state index contributed by atoms with van der Waals surface area (Å²) in [4.78, 5) is 12.3. The van der Waals surface area contributed by atoms with Crippen LogP contribution in [0.25, 0.3) is 11.1 Å². The number of aliphatic carboxylic acids is 1. The van der Waals surface area contributed by atoms with Crippen molar-refractivity contribution in [2.24, 2.45) is 5.73 Å². The topological polar surface area (TPSA) is 96.4 Å². The van der Waals surface area contributed by atoms with Gasteiger partial charge in [0.2, 0.25) is 0 Å². The fourth-order valence-corrected chi connectivity index (χ4v) is 3.12. The van der Waals surface area contributed by atoms with Gasteiger partial charge >= 0.3 is 5.97 Å². The predicted octanol–water partition coefficient (Wildman–Crippen LogP) is 4.38. The molecule has 26 heavy (non-hydrogen) atoms. The SMILES string of the molecule is CCCCC(Oc1ccc(-c2ccc(C(=N)N)cc2)cc1SC)C(=O)O.